The van der Waals surface area contributed by atoms with E-state index in [1.165, 1.54) is 58.0 Å². The van der Waals surface area contributed by atoms with Gasteiger partial charge in [0.2, 0.25) is 0 Å². The lowest BCUT2D eigenvalue weighted by atomic mass is 9.88. The van der Waals surface area contributed by atoms with Gasteiger partial charge in [0, 0.05) is 13.1 Å². The third-order valence-electron chi connectivity index (χ3n) is 5.14. The standard InChI is InChI=1S/C18H35N3O2/c1-16-8-3-4-9-17(16)23-15-11-20-18(22)19-10-7-14-21-12-5-2-6-13-21/h16-17H,2-15H2,1H3,(H2,19,20,22). The maximum Gasteiger partial charge on any atom is 0.314 e. The minimum Gasteiger partial charge on any atom is -0.376 e. The molecule has 0 aromatic carbocycles. The molecule has 2 rings (SSSR count). The predicted octanol–water partition coefficient (Wildman–Crippen LogP) is 2.76. The second-order valence-corrected chi connectivity index (χ2v) is 7.11. The molecule has 2 unspecified atom stereocenters. The van der Waals surface area contributed by atoms with Crippen molar-refractivity contribution < 1.29 is 9.53 Å². The van der Waals surface area contributed by atoms with Crippen LogP contribution in [0.3, 0.4) is 0 Å². The van der Waals surface area contributed by atoms with E-state index in [-0.39, 0.29) is 6.03 Å². The van der Waals surface area contributed by atoms with Crippen LogP contribution in [0.2, 0.25) is 0 Å². The monoisotopic (exact) mass is 325 g/mol. The number of nitrogens with zero attached hydrogens (tertiary/aromatic N) is 1. The quantitative estimate of drug-likeness (QED) is 0.675. The summed E-state index contributed by atoms with van der Waals surface area (Å²) in [5.74, 6) is 0.660. The summed E-state index contributed by atoms with van der Waals surface area (Å²) < 4.78 is 5.90. The van der Waals surface area contributed by atoms with Crippen LogP contribution in [0.5, 0.6) is 0 Å². The van der Waals surface area contributed by atoms with E-state index in [9.17, 15) is 4.79 Å². The van der Waals surface area contributed by atoms with Gasteiger partial charge in [-0.3, -0.25) is 0 Å². The van der Waals surface area contributed by atoms with E-state index < -0.39 is 0 Å². The number of hydrogen-bond donors (Lipinski definition) is 2. The zero-order valence-electron chi connectivity index (χ0n) is 14.8. The van der Waals surface area contributed by atoms with Gasteiger partial charge in [0.15, 0.2) is 0 Å². The van der Waals surface area contributed by atoms with Crippen LogP contribution in [0.25, 0.3) is 0 Å². The summed E-state index contributed by atoms with van der Waals surface area (Å²) in [5, 5.41) is 5.82. The number of nitrogens with one attached hydrogen (secondary N) is 2. The average molecular weight is 325 g/mol. The minimum atomic E-state index is -0.0658. The van der Waals surface area contributed by atoms with Crippen LogP contribution in [-0.2, 0) is 4.74 Å². The molecule has 2 amide bonds. The molecule has 0 aromatic heterocycles. The first-order chi connectivity index (χ1) is 11.3. The van der Waals surface area contributed by atoms with Gasteiger partial charge >= 0.3 is 6.03 Å². The van der Waals surface area contributed by atoms with Crippen molar-refractivity contribution in [2.75, 3.05) is 39.3 Å². The highest BCUT2D eigenvalue weighted by molar-refractivity contribution is 5.73. The number of ether oxygens (including phenoxy) is 1. The molecule has 0 spiro atoms. The molecule has 2 fully saturated rings. The Morgan fingerprint density at radius 2 is 1.78 bits per heavy atom. The van der Waals surface area contributed by atoms with Crippen molar-refractivity contribution in [3.05, 3.63) is 0 Å². The van der Waals surface area contributed by atoms with Gasteiger partial charge in [-0.05, 0) is 57.7 Å². The first-order valence-corrected chi connectivity index (χ1v) is 9.61. The van der Waals surface area contributed by atoms with Crippen LogP contribution in [0.1, 0.15) is 58.3 Å². The third kappa shape index (κ3) is 7.53. The fourth-order valence-corrected chi connectivity index (χ4v) is 3.65. The molecule has 2 atom stereocenters. The van der Waals surface area contributed by atoms with Gasteiger partial charge in [0.1, 0.15) is 0 Å². The number of carbonyl (C=O) groups is 1. The number of rotatable bonds is 8. The minimum absolute atomic E-state index is 0.0658. The predicted molar refractivity (Wildman–Crippen MR) is 93.7 cm³/mol. The van der Waals surface area contributed by atoms with E-state index in [1.54, 1.807) is 0 Å². The molecule has 5 heteroatoms. The molecule has 1 saturated carbocycles. The first-order valence-electron chi connectivity index (χ1n) is 9.61. The topological polar surface area (TPSA) is 53.6 Å². The van der Waals surface area contributed by atoms with Gasteiger partial charge in [-0.1, -0.05) is 26.2 Å². The van der Waals surface area contributed by atoms with Gasteiger partial charge < -0.3 is 20.3 Å². The highest BCUT2D eigenvalue weighted by Crippen LogP contribution is 2.25. The summed E-state index contributed by atoms with van der Waals surface area (Å²) in [6, 6.07) is -0.0658. The highest BCUT2D eigenvalue weighted by atomic mass is 16.5. The van der Waals surface area contributed by atoms with Crippen molar-refractivity contribution in [3.63, 3.8) is 0 Å². The fraction of sp³-hybridized carbons (Fsp3) is 0.944. The zero-order chi connectivity index (χ0) is 16.3. The Labute approximate surface area is 141 Å². The third-order valence-corrected chi connectivity index (χ3v) is 5.14. The Kier molecular flexibility index (Phi) is 8.76. The summed E-state index contributed by atoms with van der Waals surface area (Å²) in [4.78, 5) is 14.2. The summed E-state index contributed by atoms with van der Waals surface area (Å²) in [6.45, 7) is 7.79. The molecule has 2 N–H and O–H groups in total. The second kappa shape index (κ2) is 10.9. The lowest BCUT2D eigenvalue weighted by molar-refractivity contribution is -0.00242. The van der Waals surface area contributed by atoms with Gasteiger partial charge in [0.25, 0.3) is 0 Å². The van der Waals surface area contributed by atoms with Crippen LogP contribution >= 0.6 is 0 Å². The first kappa shape index (κ1) is 18.5. The molecule has 23 heavy (non-hydrogen) atoms. The molecule has 1 saturated heterocycles. The Bertz CT molecular complexity index is 332. The fourth-order valence-electron chi connectivity index (χ4n) is 3.65. The Hall–Kier alpha value is -0.810. The van der Waals surface area contributed by atoms with Crippen LogP contribution in [0, 0.1) is 5.92 Å². The SMILES string of the molecule is CC1CCCCC1OCCNC(=O)NCCCN1CCCCC1. The molecule has 5 nitrogen and oxygen atoms in total. The van der Waals surface area contributed by atoms with E-state index >= 15 is 0 Å². The molecule has 0 bridgehead atoms. The summed E-state index contributed by atoms with van der Waals surface area (Å²) in [6.07, 6.45) is 10.5. The van der Waals surface area contributed by atoms with E-state index in [0.717, 1.165) is 19.5 Å². The van der Waals surface area contributed by atoms with Gasteiger partial charge in [-0.2, -0.15) is 0 Å². The molecule has 0 radical (unpaired) electrons. The van der Waals surface area contributed by atoms with Crippen LogP contribution in [0.15, 0.2) is 0 Å². The van der Waals surface area contributed by atoms with Gasteiger partial charge in [-0.25, -0.2) is 4.79 Å². The molecule has 1 heterocycles. The van der Waals surface area contributed by atoms with Crippen molar-refractivity contribution in [1.82, 2.24) is 15.5 Å². The maximum atomic E-state index is 11.7. The molecule has 0 aromatic rings. The van der Waals surface area contributed by atoms with Crippen LogP contribution in [-0.4, -0.2) is 56.4 Å². The van der Waals surface area contributed by atoms with Crippen LogP contribution < -0.4 is 10.6 Å². The Morgan fingerprint density at radius 3 is 2.57 bits per heavy atom. The number of hydrogen-bond acceptors (Lipinski definition) is 3. The van der Waals surface area contributed by atoms with E-state index in [0.29, 0.717) is 25.2 Å². The number of likely N-dealkylation sites (tertiary alicyclic amines) is 1. The largest absolute Gasteiger partial charge is 0.376 e. The van der Waals surface area contributed by atoms with Crippen molar-refractivity contribution in [3.8, 4) is 0 Å². The lowest BCUT2D eigenvalue weighted by Crippen LogP contribution is -2.40. The average Bonchev–Trinajstić information content (AvgIpc) is 2.58. The molecule has 2 aliphatic rings. The number of amides is 2. The van der Waals surface area contributed by atoms with Crippen molar-refractivity contribution in [2.45, 2.75) is 64.4 Å². The molecular weight excluding hydrogens is 290 g/mol. The van der Waals surface area contributed by atoms with Crippen molar-refractivity contribution in [1.29, 1.82) is 0 Å². The molecule has 1 aliphatic carbocycles. The number of carbonyl (C=O) groups excluding carboxylic acids is 1. The summed E-state index contributed by atoms with van der Waals surface area (Å²) in [5.41, 5.74) is 0. The summed E-state index contributed by atoms with van der Waals surface area (Å²) >= 11 is 0. The van der Waals surface area contributed by atoms with Crippen molar-refractivity contribution >= 4 is 6.03 Å². The Morgan fingerprint density at radius 1 is 1.04 bits per heavy atom. The Balaban J connectivity index is 1.42. The van der Waals surface area contributed by atoms with Crippen LogP contribution in [0.4, 0.5) is 4.79 Å². The smallest absolute Gasteiger partial charge is 0.314 e. The molecular formula is C18H35N3O2. The zero-order valence-corrected chi connectivity index (χ0v) is 14.8. The highest BCUT2D eigenvalue weighted by Gasteiger charge is 2.21. The van der Waals surface area contributed by atoms with E-state index in [4.69, 9.17) is 4.74 Å². The second-order valence-electron chi connectivity index (χ2n) is 7.11. The summed E-state index contributed by atoms with van der Waals surface area (Å²) in [7, 11) is 0. The number of urea groups is 1. The lowest BCUT2D eigenvalue weighted by Gasteiger charge is -2.28. The maximum absolute atomic E-state index is 11.7. The normalized spacial score (nSPS) is 26.0. The van der Waals surface area contributed by atoms with Gasteiger partial charge in [0.05, 0.1) is 12.7 Å². The number of piperidine rings is 1. The van der Waals surface area contributed by atoms with Crippen molar-refractivity contribution in [2.24, 2.45) is 5.92 Å². The van der Waals surface area contributed by atoms with E-state index in [2.05, 4.69) is 22.5 Å². The molecule has 134 valence electrons. The molecule has 1 aliphatic heterocycles. The van der Waals surface area contributed by atoms with E-state index in [1.807, 2.05) is 0 Å². The van der Waals surface area contributed by atoms with Gasteiger partial charge in [-0.15, -0.1) is 0 Å².